The highest BCUT2D eigenvalue weighted by Crippen LogP contribution is 2.52. The van der Waals surface area contributed by atoms with Crippen molar-refractivity contribution < 1.29 is 9.47 Å². The highest BCUT2D eigenvalue weighted by atomic mass is 35.5. The van der Waals surface area contributed by atoms with Gasteiger partial charge >= 0.3 is 0 Å². The molecule has 1 fully saturated rings. The van der Waals surface area contributed by atoms with Crippen LogP contribution in [0, 0.1) is 0 Å². The molecule has 0 radical (unpaired) electrons. The lowest BCUT2D eigenvalue weighted by atomic mass is 9.84. The average molecular weight is 308 g/mol. The second kappa shape index (κ2) is 5.06. The minimum Gasteiger partial charge on any atom is -0.490 e. The molecule has 114 valence electrons. The summed E-state index contributed by atoms with van der Waals surface area (Å²) >= 11 is 6.62. The van der Waals surface area contributed by atoms with Gasteiger partial charge in [0, 0.05) is 29.5 Å². The molecule has 1 aromatic carbocycles. The SMILES string of the molecule is CC1Cc2c(c(Cl)c3c(c2C2CCNCC2)OC(C)C3)O1. The monoisotopic (exact) mass is 307 g/mol. The number of ether oxygens (including phenoxy) is 2. The van der Waals surface area contributed by atoms with Crippen molar-refractivity contribution in [3.63, 3.8) is 0 Å². The number of rotatable bonds is 1. The van der Waals surface area contributed by atoms with Gasteiger partial charge in [0.25, 0.3) is 0 Å². The molecule has 3 aliphatic rings. The summed E-state index contributed by atoms with van der Waals surface area (Å²) < 4.78 is 12.2. The van der Waals surface area contributed by atoms with Gasteiger partial charge in [-0.3, -0.25) is 0 Å². The molecule has 4 heteroatoms. The van der Waals surface area contributed by atoms with E-state index in [9.17, 15) is 0 Å². The Morgan fingerprint density at radius 2 is 1.57 bits per heavy atom. The molecule has 3 nitrogen and oxygen atoms in total. The van der Waals surface area contributed by atoms with Crippen LogP contribution in [0.5, 0.6) is 11.5 Å². The molecule has 0 amide bonds. The third-order valence-corrected chi connectivity index (χ3v) is 5.35. The lowest BCUT2D eigenvalue weighted by molar-refractivity contribution is 0.249. The van der Waals surface area contributed by atoms with Crippen molar-refractivity contribution in [1.29, 1.82) is 0 Å². The van der Waals surface area contributed by atoms with Gasteiger partial charge in [-0.2, -0.15) is 0 Å². The predicted molar refractivity (Wildman–Crippen MR) is 83.9 cm³/mol. The summed E-state index contributed by atoms with van der Waals surface area (Å²) in [5, 5.41) is 4.25. The first kappa shape index (κ1) is 13.7. The standard InChI is InChI=1S/C17H22ClNO2/c1-9-7-12-14(11-3-5-19-6-4-11)16-13(8-10(2)20-16)15(18)17(12)21-9/h9-11,19H,3-8H2,1-2H3. The van der Waals surface area contributed by atoms with Gasteiger partial charge in [0.1, 0.15) is 23.7 Å². The number of hydrogen-bond acceptors (Lipinski definition) is 3. The van der Waals surface area contributed by atoms with Gasteiger partial charge in [0.15, 0.2) is 0 Å². The molecule has 0 spiro atoms. The number of hydrogen-bond donors (Lipinski definition) is 1. The van der Waals surface area contributed by atoms with E-state index in [1.807, 2.05) is 0 Å². The second-order valence-electron chi connectivity index (χ2n) is 6.63. The molecule has 3 heterocycles. The topological polar surface area (TPSA) is 30.5 Å². The van der Waals surface area contributed by atoms with Crippen LogP contribution >= 0.6 is 11.6 Å². The molecule has 0 bridgehead atoms. The molecule has 1 aromatic rings. The van der Waals surface area contributed by atoms with Gasteiger partial charge in [-0.05, 0) is 45.7 Å². The normalized spacial score (nSPS) is 28.0. The molecule has 2 atom stereocenters. The zero-order valence-corrected chi connectivity index (χ0v) is 13.4. The first-order chi connectivity index (χ1) is 10.1. The van der Waals surface area contributed by atoms with Crippen molar-refractivity contribution in [2.75, 3.05) is 13.1 Å². The van der Waals surface area contributed by atoms with Gasteiger partial charge in [0.05, 0.1) is 5.02 Å². The molecular weight excluding hydrogens is 286 g/mol. The lowest BCUT2D eigenvalue weighted by Crippen LogP contribution is -2.27. The van der Waals surface area contributed by atoms with Crippen LogP contribution in [0.1, 0.15) is 49.3 Å². The second-order valence-corrected chi connectivity index (χ2v) is 7.01. The Bertz CT molecular complexity index is 542. The molecule has 0 aliphatic carbocycles. The van der Waals surface area contributed by atoms with Crippen LogP contribution in [-0.4, -0.2) is 25.3 Å². The minimum atomic E-state index is 0.220. The first-order valence-corrected chi connectivity index (χ1v) is 8.44. The summed E-state index contributed by atoms with van der Waals surface area (Å²) in [6.45, 7) is 6.42. The van der Waals surface area contributed by atoms with Gasteiger partial charge in [-0.15, -0.1) is 0 Å². The van der Waals surface area contributed by atoms with E-state index in [1.165, 1.54) is 29.5 Å². The molecule has 2 unspecified atom stereocenters. The first-order valence-electron chi connectivity index (χ1n) is 8.06. The summed E-state index contributed by atoms with van der Waals surface area (Å²) in [5.41, 5.74) is 3.89. The maximum Gasteiger partial charge on any atom is 0.142 e. The van der Waals surface area contributed by atoms with Crippen molar-refractivity contribution >= 4 is 11.6 Å². The molecule has 4 rings (SSSR count). The zero-order valence-electron chi connectivity index (χ0n) is 12.7. The van der Waals surface area contributed by atoms with Crippen LogP contribution in [0.4, 0.5) is 0 Å². The number of piperidine rings is 1. The van der Waals surface area contributed by atoms with Crippen LogP contribution in [-0.2, 0) is 12.8 Å². The fourth-order valence-electron chi connectivity index (χ4n) is 4.04. The molecule has 21 heavy (non-hydrogen) atoms. The summed E-state index contributed by atoms with van der Waals surface area (Å²) in [5.74, 6) is 2.59. The quantitative estimate of drug-likeness (QED) is 0.862. The molecule has 0 aromatic heterocycles. The summed E-state index contributed by atoms with van der Waals surface area (Å²) in [6, 6.07) is 0. The van der Waals surface area contributed by atoms with E-state index < -0.39 is 0 Å². The number of halogens is 1. The van der Waals surface area contributed by atoms with Crippen molar-refractivity contribution in [2.24, 2.45) is 0 Å². The minimum absolute atomic E-state index is 0.220. The highest BCUT2D eigenvalue weighted by Gasteiger charge is 2.37. The maximum absolute atomic E-state index is 6.62. The van der Waals surface area contributed by atoms with Gasteiger partial charge in [-0.1, -0.05) is 11.6 Å². The van der Waals surface area contributed by atoms with Crippen LogP contribution in [0.3, 0.4) is 0 Å². The van der Waals surface area contributed by atoms with Crippen molar-refractivity contribution in [1.82, 2.24) is 5.32 Å². The fourth-order valence-corrected chi connectivity index (χ4v) is 4.36. The molecule has 3 aliphatic heterocycles. The van der Waals surface area contributed by atoms with Crippen LogP contribution < -0.4 is 14.8 Å². The Morgan fingerprint density at radius 1 is 0.952 bits per heavy atom. The number of nitrogens with one attached hydrogen (secondary N) is 1. The maximum atomic E-state index is 6.62. The highest BCUT2D eigenvalue weighted by molar-refractivity contribution is 6.33. The van der Waals surface area contributed by atoms with E-state index in [2.05, 4.69) is 19.2 Å². The van der Waals surface area contributed by atoms with E-state index in [-0.39, 0.29) is 12.2 Å². The van der Waals surface area contributed by atoms with Crippen molar-refractivity contribution in [3.8, 4) is 11.5 Å². The lowest BCUT2D eigenvalue weighted by Gasteiger charge is -2.27. The van der Waals surface area contributed by atoms with E-state index in [1.54, 1.807) is 0 Å². The largest absolute Gasteiger partial charge is 0.490 e. The Labute approximate surface area is 131 Å². The number of benzene rings is 1. The van der Waals surface area contributed by atoms with Gasteiger partial charge < -0.3 is 14.8 Å². The smallest absolute Gasteiger partial charge is 0.142 e. The van der Waals surface area contributed by atoms with Crippen molar-refractivity contribution in [2.45, 2.75) is 57.7 Å². The summed E-state index contributed by atoms with van der Waals surface area (Å²) in [6.07, 6.45) is 4.64. The predicted octanol–water partition coefficient (Wildman–Crippen LogP) is 3.45. The van der Waals surface area contributed by atoms with E-state index in [4.69, 9.17) is 21.1 Å². The fraction of sp³-hybridized carbons (Fsp3) is 0.647. The summed E-state index contributed by atoms with van der Waals surface area (Å²) in [7, 11) is 0. The van der Waals surface area contributed by atoms with Crippen LogP contribution in [0.25, 0.3) is 0 Å². The Hall–Kier alpha value is -0.930. The van der Waals surface area contributed by atoms with E-state index in [0.717, 1.165) is 42.5 Å². The molecule has 1 N–H and O–H groups in total. The summed E-state index contributed by atoms with van der Waals surface area (Å²) in [4.78, 5) is 0. The third-order valence-electron chi connectivity index (χ3n) is 4.95. The third kappa shape index (κ3) is 2.13. The van der Waals surface area contributed by atoms with Gasteiger partial charge in [-0.25, -0.2) is 0 Å². The molecular formula is C17H22ClNO2. The van der Waals surface area contributed by atoms with E-state index >= 15 is 0 Å². The van der Waals surface area contributed by atoms with Crippen molar-refractivity contribution in [3.05, 3.63) is 21.7 Å². The van der Waals surface area contributed by atoms with Crippen LogP contribution in [0.2, 0.25) is 5.02 Å². The average Bonchev–Trinajstić information content (AvgIpc) is 3.03. The Kier molecular flexibility index (Phi) is 3.31. The molecule has 0 saturated carbocycles. The van der Waals surface area contributed by atoms with E-state index in [0.29, 0.717) is 5.92 Å². The van der Waals surface area contributed by atoms with Gasteiger partial charge in [0.2, 0.25) is 0 Å². The number of fused-ring (bicyclic) bond motifs is 2. The Balaban J connectivity index is 1.88. The Morgan fingerprint density at radius 3 is 2.29 bits per heavy atom. The molecule has 1 saturated heterocycles. The van der Waals surface area contributed by atoms with Crippen LogP contribution in [0.15, 0.2) is 0 Å². The zero-order chi connectivity index (χ0) is 14.6.